The number of hydrogen-bond acceptors (Lipinski definition) is 10. The standard InChI is InChI=1S/C25H31N5O3.C5H3N3O2.C2HF3O2/c26-13-20-14-27-24(28-20)25(33)29-23-7-6-19(12-22(23)18-4-2-1-3-5-18)17-8-10-30(11-9-17)21(15-31)16-32;6-1-3-2-7-4(8-3)5(9)10;3-2(4,5)1(6)7/h4,6-7,12,14,17,21,31-32H,1-3,5,8-11,15-16H2,(H,27,28)(H,29,33);2H,(H,7,8)(H,9,10);(H,6,7). The Balaban J connectivity index is 0.000000326. The van der Waals surface area contributed by atoms with Crippen molar-refractivity contribution < 1.29 is 48.0 Å². The van der Waals surface area contributed by atoms with Crippen LogP contribution in [0.1, 0.15) is 88.2 Å². The minimum Gasteiger partial charge on any atom is -0.475 e. The summed E-state index contributed by atoms with van der Waals surface area (Å²) in [6.45, 7) is 1.62. The van der Waals surface area contributed by atoms with Crippen LogP contribution in [0.4, 0.5) is 18.9 Å². The van der Waals surface area contributed by atoms with Crippen molar-refractivity contribution >= 4 is 29.1 Å². The van der Waals surface area contributed by atoms with Crippen molar-refractivity contribution in [3.8, 4) is 12.1 Å². The highest BCUT2D eigenvalue weighted by atomic mass is 19.4. The maximum Gasteiger partial charge on any atom is 0.490 e. The van der Waals surface area contributed by atoms with Crippen molar-refractivity contribution in [2.45, 2.75) is 56.7 Å². The molecule has 1 aromatic carbocycles. The van der Waals surface area contributed by atoms with E-state index < -0.39 is 18.1 Å². The second kappa shape index (κ2) is 18.3. The number of aromatic amines is 2. The summed E-state index contributed by atoms with van der Waals surface area (Å²) in [4.78, 5) is 46.4. The highest BCUT2D eigenvalue weighted by Crippen LogP contribution is 2.36. The Labute approximate surface area is 283 Å². The Bertz CT molecular complexity index is 1740. The van der Waals surface area contributed by atoms with Gasteiger partial charge in [0.15, 0.2) is 5.82 Å². The van der Waals surface area contributed by atoms with Crippen LogP contribution in [0, 0.1) is 22.7 Å². The van der Waals surface area contributed by atoms with Gasteiger partial charge in [-0.05, 0) is 80.8 Å². The number of aromatic carboxylic acids is 1. The van der Waals surface area contributed by atoms with E-state index in [9.17, 15) is 33.0 Å². The molecule has 0 unspecified atom stereocenters. The number of nitriles is 2. The number of carbonyl (C=O) groups is 3. The van der Waals surface area contributed by atoms with E-state index in [0.717, 1.165) is 56.4 Å². The lowest BCUT2D eigenvalue weighted by Crippen LogP contribution is -2.44. The second-order valence-corrected chi connectivity index (χ2v) is 11.2. The fourth-order valence-corrected chi connectivity index (χ4v) is 5.32. The van der Waals surface area contributed by atoms with Gasteiger partial charge in [-0.2, -0.15) is 23.7 Å². The zero-order valence-electron chi connectivity index (χ0n) is 26.6. The maximum atomic E-state index is 12.7. The van der Waals surface area contributed by atoms with Crippen molar-refractivity contribution in [3.63, 3.8) is 0 Å². The zero-order chi connectivity index (χ0) is 36.8. The van der Waals surface area contributed by atoms with Crippen molar-refractivity contribution in [2.75, 3.05) is 31.6 Å². The molecular formula is C32H35F3N8O7. The molecule has 18 heteroatoms. The number of imidazole rings is 2. The number of aliphatic hydroxyl groups excluding tert-OH is 2. The minimum absolute atomic E-state index is 0.0284. The number of alkyl halides is 3. The molecule has 0 spiro atoms. The molecule has 1 aliphatic carbocycles. The molecule has 1 aliphatic heterocycles. The van der Waals surface area contributed by atoms with Gasteiger partial charge in [-0.15, -0.1) is 0 Å². The van der Waals surface area contributed by atoms with Crippen LogP contribution in [0.25, 0.3) is 5.57 Å². The molecule has 2 aliphatic rings. The Kier molecular flexibility index (Phi) is 14.2. The van der Waals surface area contributed by atoms with Crippen molar-refractivity contribution in [3.05, 3.63) is 70.8 Å². The van der Waals surface area contributed by atoms with Gasteiger partial charge in [-0.25, -0.2) is 19.6 Å². The lowest BCUT2D eigenvalue weighted by atomic mass is 9.85. The van der Waals surface area contributed by atoms with Gasteiger partial charge in [-0.3, -0.25) is 9.69 Å². The lowest BCUT2D eigenvalue weighted by molar-refractivity contribution is -0.192. The average Bonchev–Trinajstić information content (AvgIpc) is 3.81. The number of aliphatic hydroxyl groups is 2. The molecule has 0 saturated carbocycles. The molecule has 1 amide bonds. The molecule has 7 N–H and O–H groups in total. The number of anilines is 1. The van der Waals surface area contributed by atoms with Gasteiger partial charge >= 0.3 is 18.1 Å². The molecule has 1 fully saturated rings. The SMILES string of the molecule is N#Cc1cnc(C(=O)Nc2ccc(C3CCN(C(CO)CO)CC3)cc2C2=CCCCC2)[nH]1.N#Cc1cnc(C(=O)O)[nH]1.O=C(O)C(F)(F)F. The van der Waals surface area contributed by atoms with Crippen molar-refractivity contribution in [2.24, 2.45) is 0 Å². The third kappa shape index (κ3) is 11.0. The number of carboxylic acid groups (broad SMARTS) is 2. The van der Waals surface area contributed by atoms with Crippen LogP contribution < -0.4 is 5.32 Å². The number of carbonyl (C=O) groups excluding carboxylic acids is 1. The molecule has 0 atom stereocenters. The van der Waals surface area contributed by atoms with Crippen LogP contribution in [0.15, 0.2) is 36.7 Å². The van der Waals surface area contributed by atoms with E-state index in [-0.39, 0.29) is 48.2 Å². The third-order valence-corrected chi connectivity index (χ3v) is 7.92. The van der Waals surface area contributed by atoms with E-state index in [1.54, 1.807) is 6.07 Å². The van der Waals surface area contributed by atoms with Crippen molar-refractivity contribution in [1.29, 1.82) is 10.5 Å². The fourth-order valence-electron chi connectivity index (χ4n) is 5.32. The molecule has 15 nitrogen and oxygen atoms in total. The van der Waals surface area contributed by atoms with E-state index in [0.29, 0.717) is 5.92 Å². The number of aromatic nitrogens is 4. The Morgan fingerprint density at radius 3 is 2.02 bits per heavy atom. The van der Waals surface area contributed by atoms with Gasteiger partial charge in [0, 0.05) is 11.3 Å². The Hall–Kier alpha value is -5.56. The second-order valence-electron chi connectivity index (χ2n) is 11.2. The van der Waals surface area contributed by atoms with E-state index >= 15 is 0 Å². The van der Waals surface area contributed by atoms with E-state index in [1.807, 2.05) is 12.1 Å². The first-order chi connectivity index (χ1) is 23.8. The number of benzene rings is 1. The lowest BCUT2D eigenvalue weighted by Gasteiger charge is -2.36. The maximum absolute atomic E-state index is 12.7. The third-order valence-electron chi connectivity index (χ3n) is 7.92. The number of allylic oxidation sites excluding steroid dienone is 2. The van der Waals surface area contributed by atoms with Crippen molar-refractivity contribution in [1.82, 2.24) is 24.8 Å². The number of amides is 1. The number of piperidine rings is 1. The van der Waals surface area contributed by atoms with Crippen LogP contribution >= 0.6 is 0 Å². The summed E-state index contributed by atoms with van der Waals surface area (Å²) in [6, 6.07) is 9.76. The van der Waals surface area contributed by atoms with E-state index in [1.165, 1.54) is 30.0 Å². The van der Waals surface area contributed by atoms with Crippen LogP contribution in [-0.4, -0.2) is 102 Å². The molecule has 1 saturated heterocycles. The number of H-pyrrole nitrogens is 2. The predicted octanol–water partition coefficient (Wildman–Crippen LogP) is 3.64. The number of hydrogen-bond donors (Lipinski definition) is 7. The first-order valence-electron chi connectivity index (χ1n) is 15.3. The number of carboxylic acids is 2. The van der Waals surface area contributed by atoms with Crippen LogP contribution in [0.5, 0.6) is 0 Å². The molecule has 0 bridgehead atoms. The molecule has 2 aromatic heterocycles. The van der Waals surface area contributed by atoms with Gasteiger partial charge in [0.2, 0.25) is 5.82 Å². The summed E-state index contributed by atoms with van der Waals surface area (Å²) in [5, 5.41) is 54.5. The molecule has 0 radical (unpaired) electrons. The van der Waals surface area contributed by atoms with Gasteiger partial charge in [0.05, 0.1) is 31.6 Å². The van der Waals surface area contributed by atoms with Crippen LogP contribution in [0.2, 0.25) is 0 Å². The Morgan fingerprint density at radius 1 is 0.980 bits per heavy atom. The van der Waals surface area contributed by atoms with Crippen LogP contribution in [-0.2, 0) is 4.79 Å². The molecule has 3 aromatic rings. The smallest absolute Gasteiger partial charge is 0.475 e. The summed E-state index contributed by atoms with van der Waals surface area (Å²) >= 11 is 0. The van der Waals surface area contributed by atoms with Crippen LogP contribution in [0.3, 0.4) is 0 Å². The number of likely N-dealkylation sites (tertiary alicyclic amines) is 1. The summed E-state index contributed by atoms with van der Waals surface area (Å²) < 4.78 is 31.7. The van der Waals surface area contributed by atoms with Gasteiger partial charge in [0.25, 0.3) is 5.91 Å². The highest BCUT2D eigenvalue weighted by Gasteiger charge is 2.38. The summed E-state index contributed by atoms with van der Waals surface area (Å²) in [5.41, 5.74) is 4.72. The molecule has 5 rings (SSSR count). The fraction of sp³-hybridized carbons (Fsp3) is 0.406. The van der Waals surface area contributed by atoms with E-state index in [2.05, 4.69) is 48.4 Å². The summed E-state index contributed by atoms with van der Waals surface area (Å²) in [6.07, 6.45) is 5.98. The number of halogens is 3. The average molecular weight is 701 g/mol. The number of nitrogens with one attached hydrogen (secondary N) is 3. The largest absolute Gasteiger partial charge is 0.490 e. The molecule has 3 heterocycles. The summed E-state index contributed by atoms with van der Waals surface area (Å²) in [7, 11) is 0. The van der Waals surface area contributed by atoms with Gasteiger partial charge < -0.3 is 35.7 Å². The zero-order valence-corrected chi connectivity index (χ0v) is 26.6. The number of nitrogens with zero attached hydrogens (tertiary/aromatic N) is 5. The molecule has 266 valence electrons. The quantitative estimate of drug-likeness (QED) is 0.178. The first-order valence-corrected chi connectivity index (χ1v) is 15.3. The summed E-state index contributed by atoms with van der Waals surface area (Å²) in [5.74, 6) is -3.98. The predicted molar refractivity (Wildman–Crippen MR) is 170 cm³/mol. The monoisotopic (exact) mass is 700 g/mol. The van der Waals surface area contributed by atoms with E-state index in [4.69, 9.17) is 25.5 Å². The normalized spacial score (nSPS) is 14.9. The first kappa shape index (κ1) is 38.9. The Morgan fingerprint density at radius 2 is 1.56 bits per heavy atom. The van der Waals surface area contributed by atoms with Gasteiger partial charge in [0.1, 0.15) is 23.5 Å². The molecular weight excluding hydrogens is 665 g/mol. The van der Waals surface area contributed by atoms with Gasteiger partial charge in [-0.1, -0.05) is 12.1 Å². The topological polar surface area (TPSA) is 252 Å². The minimum atomic E-state index is -5.08. The highest BCUT2D eigenvalue weighted by molar-refractivity contribution is 6.03. The number of aliphatic carboxylic acids is 1. The number of rotatable bonds is 8. The molecule has 50 heavy (non-hydrogen) atoms.